The number of rotatable bonds is 3. The zero-order valence-corrected chi connectivity index (χ0v) is 11.4. The molecule has 0 spiro atoms. The molecule has 0 bridgehead atoms. The third-order valence-corrected chi connectivity index (χ3v) is 3.82. The van der Waals surface area contributed by atoms with Gasteiger partial charge in [0, 0.05) is 30.5 Å². The molecule has 0 unspecified atom stereocenters. The summed E-state index contributed by atoms with van der Waals surface area (Å²) in [5.41, 5.74) is 0. The van der Waals surface area contributed by atoms with Gasteiger partial charge in [-0.2, -0.15) is 0 Å². The van der Waals surface area contributed by atoms with Crippen LogP contribution in [-0.2, 0) is 4.74 Å². The average Bonchev–Trinajstić information content (AvgIpc) is 2.48. The summed E-state index contributed by atoms with van der Waals surface area (Å²) >= 11 is 6.06. The number of fused-ring (bicyclic) bond motifs is 1. The molecule has 1 aliphatic rings. The van der Waals surface area contributed by atoms with Crippen molar-refractivity contribution in [1.29, 1.82) is 0 Å². The molecule has 100 valence electrons. The van der Waals surface area contributed by atoms with Gasteiger partial charge in [0.2, 0.25) is 0 Å². The van der Waals surface area contributed by atoms with Crippen LogP contribution in [0.25, 0.3) is 10.8 Å². The molecule has 2 heterocycles. The second-order valence-electron chi connectivity index (χ2n) is 4.82. The molecule has 1 N–H and O–H groups in total. The summed E-state index contributed by atoms with van der Waals surface area (Å²) in [6.45, 7) is 2.63. The maximum Gasteiger partial charge on any atom is 0.159 e. The summed E-state index contributed by atoms with van der Waals surface area (Å²) in [5, 5.41) is 14.0. The lowest BCUT2D eigenvalue weighted by Gasteiger charge is -2.22. The Bertz CT molecular complexity index is 570. The third kappa shape index (κ3) is 2.80. The summed E-state index contributed by atoms with van der Waals surface area (Å²) in [6.07, 6.45) is 2.21. The number of benzene rings is 1. The van der Waals surface area contributed by atoms with Crippen LogP contribution in [-0.4, -0.2) is 30.0 Å². The van der Waals surface area contributed by atoms with Crippen LogP contribution in [0.1, 0.15) is 12.8 Å². The lowest BCUT2D eigenvalue weighted by molar-refractivity contribution is 0.0699. The van der Waals surface area contributed by atoms with Crippen molar-refractivity contribution < 1.29 is 4.74 Å². The van der Waals surface area contributed by atoms with Crippen molar-refractivity contribution in [3.8, 4) is 0 Å². The van der Waals surface area contributed by atoms with Gasteiger partial charge in [-0.25, -0.2) is 0 Å². The Morgan fingerprint density at radius 1 is 1.16 bits per heavy atom. The molecule has 0 amide bonds. The highest BCUT2D eigenvalue weighted by Crippen LogP contribution is 2.26. The summed E-state index contributed by atoms with van der Waals surface area (Å²) in [6, 6.07) is 7.92. The van der Waals surface area contributed by atoms with Gasteiger partial charge in [0.15, 0.2) is 11.0 Å². The number of hydrogen-bond acceptors (Lipinski definition) is 4. The van der Waals surface area contributed by atoms with Crippen molar-refractivity contribution in [2.24, 2.45) is 5.92 Å². The van der Waals surface area contributed by atoms with E-state index in [1.165, 1.54) is 0 Å². The van der Waals surface area contributed by atoms with Gasteiger partial charge in [0.05, 0.1) is 0 Å². The molecule has 1 saturated heterocycles. The highest BCUT2D eigenvalue weighted by atomic mass is 35.5. The standard InChI is InChI=1S/C14H16ClN3O/c15-13-11-3-1-2-4-12(11)14(18-17-13)16-9-10-5-7-19-8-6-10/h1-4,10H,5-9H2,(H,16,18). The van der Waals surface area contributed by atoms with Crippen molar-refractivity contribution in [3.05, 3.63) is 29.4 Å². The van der Waals surface area contributed by atoms with Crippen molar-refractivity contribution in [3.63, 3.8) is 0 Å². The number of hydrogen-bond donors (Lipinski definition) is 1. The highest BCUT2D eigenvalue weighted by molar-refractivity contribution is 6.34. The van der Waals surface area contributed by atoms with E-state index in [1.54, 1.807) is 0 Å². The maximum atomic E-state index is 6.06. The summed E-state index contributed by atoms with van der Waals surface area (Å²) < 4.78 is 5.36. The van der Waals surface area contributed by atoms with E-state index in [9.17, 15) is 0 Å². The van der Waals surface area contributed by atoms with Gasteiger partial charge < -0.3 is 10.1 Å². The molecule has 0 aliphatic carbocycles. The Kier molecular flexibility index (Phi) is 3.80. The second kappa shape index (κ2) is 5.72. The van der Waals surface area contributed by atoms with Crippen molar-refractivity contribution in [2.45, 2.75) is 12.8 Å². The number of halogens is 1. The molecule has 1 aromatic heterocycles. The Morgan fingerprint density at radius 3 is 2.68 bits per heavy atom. The molecule has 0 atom stereocenters. The monoisotopic (exact) mass is 277 g/mol. The first kappa shape index (κ1) is 12.6. The molecule has 2 aromatic rings. The predicted molar refractivity (Wildman–Crippen MR) is 76.6 cm³/mol. The molecule has 19 heavy (non-hydrogen) atoms. The van der Waals surface area contributed by atoms with E-state index in [-0.39, 0.29) is 0 Å². The summed E-state index contributed by atoms with van der Waals surface area (Å²) in [5.74, 6) is 1.46. The molecule has 4 nitrogen and oxygen atoms in total. The fourth-order valence-electron chi connectivity index (χ4n) is 2.39. The first-order chi connectivity index (χ1) is 9.34. The van der Waals surface area contributed by atoms with E-state index in [1.807, 2.05) is 24.3 Å². The number of ether oxygens (including phenoxy) is 1. The van der Waals surface area contributed by atoms with Crippen molar-refractivity contribution in [2.75, 3.05) is 25.1 Å². The van der Waals surface area contributed by atoms with E-state index in [0.29, 0.717) is 11.1 Å². The Morgan fingerprint density at radius 2 is 1.89 bits per heavy atom. The van der Waals surface area contributed by atoms with Crippen LogP contribution in [0.4, 0.5) is 5.82 Å². The van der Waals surface area contributed by atoms with Crippen LogP contribution in [0.3, 0.4) is 0 Å². The van der Waals surface area contributed by atoms with Crippen LogP contribution >= 0.6 is 11.6 Å². The topological polar surface area (TPSA) is 47.0 Å². The van der Waals surface area contributed by atoms with E-state index in [0.717, 1.165) is 49.2 Å². The normalized spacial score (nSPS) is 16.7. The summed E-state index contributed by atoms with van der Waals surface area (Å²) in [7, 11) is 0. The fraction of sp³-hybridized carbons (Fsp3) is 0.429. The highest BCUT2D eigenvalue weighted by Gasteiger charge is 2.14. The van der Waals surface area contributed by atoms with Gasteiger partial charge in [-0.3, -0.25) is 0 Å². The van der Waals surface area contributed by atoms with Crippen LogP contribution in [0.2, 0.25) is 5.15 Å². The van der Waals surface area contributed by atoms with Gasteiger partial charge in [0.1, 0.15) is 0 Å². The van der Waals surface area contributed by atoms with E-state index in [2.05, 4.69) is 15.5 Å². The number of anilines is 1. The first-order valence-electron chi connectivity index (χ1n) is 6.57. The molecule has 3 rings (SSSR count). The SMILES string of the molecule is Clc1nnc(NCC2CCOCC2)c2ccccc12. The zero-order chi connectivity index (χ0) is 13.1. The number of aromatic nitrogens is 2. The van der Waals surface area contributed by atoms with Gasteiger partial charge >= 0.3 is 0 Å². The van der Waals surface area contributed by atoms with E-state index in [4.69, 9.17) is 16.3 Å². The Labute approximate surface area is 117 Å². The lowest BCUT2D eigenvalue weighted by Crippen LogP contribution is -2.23. The minimum atomic E-state index is 0.451. The van der Waals surface area contributed by atoms with Gasteiger partial charge in [-0.15, -0.1) is 10.2 Å². The molecule has 0 saturated carbocycles. The minimum Gasteiger partial charge on any atom is -0.381 e. The average molecular weight is 278 g/mol. The van der Waals surface area contributed by atoms with Crippen LogP contribution in [0, 0.1) is 5.92 Å². The van der Waals surface area contributed by atoms with E-state index < -0.39 is 0 Å². The Balaban J connectivity index is 1.79. The van der Waals surface area contributed by atoms with Crippen molar-refractivity contribution in [1.82, 2.24) is 10.2 Å². The largest absolute Gasteiger partial charge is 0.381 e. The number of nitrogens with zero attached hydrogens (tertiary/aromatic N) is 2. The third-order valence-electron chi connectivity index (χ3n) is 3.54. The van der Waals surface area contributed by atoms with Crippen LogP contribution < -0.4 is 5.32 Å². The first-order valence-corrected chi connectivity index (χ1v) is 6.95. The zero-order valence-electron chi connectivity index (χ0n) is 10.6. The van der Waals surface area contributed by atoms with Crippen molar-refractivity contribution >= 4 is 28.2 Å². The van der Waals surface area contributed by atoms with Gasteiger partial charge in [-0.1, -0.05) is 35.9 Å². The van der Waals surface area contributed by atoms with Crippen LogP contribution in [0.15, 0.2) is 24.3 Å². The smallest absolute Gasteiger partial charge is 0.159 e. The predicted octanol–water partition coefficient (Wildman–Crippen LogP) is 3.12. The molecule has 0 radical (unpaired) electrons. The van der Waals surface area contributed by atoms with Crippen LogP contribution in [0.5, 0.6) is 0 Å². The van der Waals surface area contributed by atoms with Gasteiger partial charge in [0.25, 0.3) is 0 Å². The quantitative estimate of drug-likeness (QED) is 0.936. The maximum absolute atomic E-state index is 6.06. The molecular formula is C14H16ClN3O. The fourth-order valence-corrected chi connectivity index (χ4v) is 2.60. The molecule has 1 aromatic carbocycles. The minimum absolute atomic E-state index is 0.451. The lowest BCUT2D eigenvalue weighted by atomic mass is 10.0. The summed E-state index contributed by atoms with van der Waals surface area (Å²) in [4.78, 5) is 0. The Hall–Kier alpha value is -1.39. The van der Waals surface area contributed by atoms with E-state index >= 15 is 0 Å². The van der Waals surface area contributed by atoms with Gasteiger partial charge in [-0.05, 0) is 18.8 Å². The second-order valence-corrected chi connectivity index (χ2v) is 5.18. The molecular weight excluding hydrogens is 262 g/mol. The number of nitrogens with one attached hydrogen (secondary N) is 1. The molecule has 1 aliphatic heterocycles. The molecule has 1 fully saturated rings. The molecule has 5 heteroatoms.